The lowest BCUT2D eigenvalue weighted by Crippen LogP contribution is -1.81. The van der Waals surface area contributed by atoms with Gasteiger partial charge in [-0.2, -0.15) is 0 Å². The van der Waals surface area contributed by atoms with Crippen LogP contribution in [0.1, 0.15) is 44.5 Å². The van der Waals surface area contributed by atoms with Gasteiger partial charge in [0.15, 0.2) is 0 Å². The van der Waals surface area contributed by atoms with Gasteiger partial charge in [-0.3, -0.25) is 0 Å². The van der Waals surface area contributed by atoms with Crippen molar-refractivity contribution >= 4 is 188 Å². The van der Waals surface area contributed by atoms with Crippen molar-refractivity contribution in [3.8, 4) is 0 Å². The maximum Gasteiger partial charge on any atom is 0.0717 e. The zero-order chi connectivity index (χ0) is 56.8. The molecule has 0 atom stereocenters. The van der Waals surface area contributed by atoms with Crippen molar-refractivity contribution in [2.75, 3.05) is 0 Å². The fourth-order valence-corrected chi connectivity index (χ4v) is 31.5. The van der Waals surface area contributed by atoms with Crippen molar-refractivity contribution in [2.24, 2.45) is 0 Å². The smallest absolute Gasteiger partial charge is 0.0717 e. The average Bonchev–Trinajstić information content (AvgIpc) is 4.54. The molecule has 8 aromatic rings. The quantitative estimate of drug-likeness (QED) is 0.0563. The van der Waals surface area contributed by atoms with Crippen LogP contribution in [0.3, 0.4) is 0 Å². The van der Waals surface area contributed by atoms with Gasteiger partial charge in [-0.1, -0.05) is 337 Å². The highest BCUT2D eigenvalue weighted by molar-refractivity contribution is 8.46. The fourth-order valence-electron chi connectivity index (χ4n) is 7.92. The normalized spacial score (nSPS) is 15.2. The molecule has 0 aliphatic carbocycles. The number of hydrogen-bond donors (Lipinski definition) is 0. The Morgan fingerprint density at radius 2 is 0.262 bits per heavy atom. The Labute approximate surface area is 565 Å². The summed E-state index contributed by atoms with van der Waals surface area (Å²) in [6.45, 7) is 0. The first-order valence-corrected chi connectivity index (χ1v) is 41.2. The molecular formula is C68H56S16. The Morgan fingerprint density at radius 1 is 0.155 bits per heavy atom. The second-order valence-corrected chi connectivity index (χ2v) is 37.6. The van der Waals surface area contributed by atoms with Crippen molar-refractivity contribution in [1.82, 2.24) is 0 Å². The molecule has 4 aliphatic heterocycles. The summed E-state index contributed by atoms with van der Waals surface area (Å²) < 4.78 is 17.3. The summed E-state index contributed by atoms with van der Waals surface area (Å²) in [5, 5.41) is 0. The lowest BCUT2D eigenvalue weighted by Gasteiger charge is -2.05. The predicted octanol–water partition coefficient (Wildman–Crippen LogP) is 26.1. The van der Waals surface area contributed by atoms with Gasteiger partial charge in [0.05, 0.1) is 50.8 Å². The van der Waals surface area contributed by atoms with E-state index in [1.807, 2.05) is 188 Å². The molecule has 4 aliphatic rings. The minimum Gasteiger partial charge on any atom is -0.112 e. The van der Waals surface area contributed by atoms with Crippen molar-refractivity contribution < 1.29 is 0 Å². The van der Waals surface area contributed by atoms with Crippen LogP contribution in [0, 0.1) is 0 Å². The highest BCUT2D eigenvalue weighted by atomic mass is 32.3. The van der Waals surface area contributed by atoms with E-state index in [1.54, 1.807) is 0 Å². The van der Waals surface area contributed by atoms with Crippen LogP contribution in [0.15, 0.2) is 294 Å². The average molecular weight is 1390 g/mol. The van der Waals surface area contributed by atoms with E-state index < -0.39 is 0 Å². The summed E-state index contributed by atoms with van der Waals surface area (Å²) >= 11 is 31.7. The van der Waals surface area contributed by atoms with Gasteiger partial charge in [0, 0.05) is 46.0 Å². The van der Waals surface area contributed by atoms with E-state index in [-0.39, 0.29) is 0 Å². The van der Waals surface area contributed by atoms with Crippen LogP contribution < -0.4 is 0 Å². The minimum atomic E-state index is 0.997. The third kappa shape index (κ3) is 19.9. The topological polar surface area (TPSA) is 0 Å². The molecule has 0 fully saturated rings. The molecule has 0 nitrogen and oxygen atoms in total. The maximum atomic E-state index is 2.23. The Bertz CT molecular complexity index is 2870. The molecule has 0 amide bonds. The van der Waals surface area contributed by atoms with E-state index in [2.05, 4.69) is 243 Å². The molecule has 424 valence electrons. The predicted molar refractivity (Wildman–Crippen MR) is 405 cm³/mol. The van der Waals surface area contributed by atoms with E-state index in [0.717, 1.165) is 46.0 Å². The Morgan fingerprint density at radius 3 is 0.369 bits per heavy atom. The SMILES string of the molecule is c1ccc(CSC2=C(SCc3ccccc3)SC(=C3SC(SCc4ccccc4)=C(SCc4ccccc4)S3)S2)cc1.c1ccc(CSC2=C(SCc3ccccc3)SC(=C3SC(SCc4ccccc4)=C(SCc4ccccc4)S3)S2)cc1. The van der Waals surface area contributed by atoms with Crippen molar-refractivity contribution in [1.29, 1.82) is 0 Å². The zero-order valence-electron chi connectivity index (χ0n) is 45.3. The second kappa shape index (κ2) is 34.7. The second-order valence-electron chi connectivity index (χ2n) is 18.5. The van der Waals surface area contributed by atoms with Gasteiger partial charge in [0.1, 0.15) is 0 Å². The highest BCUT2D eigenvalue weighted by Gasteiger charge is 2.33. The van der Waals surface area contributed by atoms with E-state index in [9.17, 15) is 0 Å². The van der Waals surface area contributed by atoms with Gasteiger partial charge in [-0.15, -0.1) is 94.1 Å². The van der Waals surface area contributed by atoms with Crippen LogP contribution in [0.25, 0.3) is 0 Å². The lowest BCUT2D eigenvalue weighted by atomic mass is 10.2. The van der Waals surface area contributed by atoms with Crippen LogP contribution in [0.5, 0.6) is 0 Å². The van der Waals surface area contributed by atoms with Crippen LogP contribution in [-0.2, 0) is 46.0 Å². The molecule has 0 aromatic heterocycles. The third-order valence-corrected chi connectivity index (χ3v) is 35.9. The van der Waals surface area contributed by atoms with E-state index in [0.29, 0.717) is 0 Å². The van der Waals surface area contributed by atoms with Crippen molar-refractivity contribution in [3.63, 3.8) is 0 Å². The molecule has 0 spiro atoms. The first-order valence-electron chi connectivity index (χ1n) is 26.8. The summed E-state index contributed by atoms with van der Waals surface area (Å²) in [7, 11) is 0. The summed E-state index contributed by atoms with van der Waals surface area (Å²) in [5.74, 6) is 7.97. The molecule has 0 bridgehead atoms. The zero-order valence-corrected chi connectivity index (χ0v) is 58.3. The fraction of sp³-hybridized carbons (Fsp3) is 0.118. The Kier molecular flexibility index (Phi) is 26.2. The molecule has 0 saturated heterocycles. The van der Waals surface area contributed by atoms with Gasteiger partial charge in [-0.05, 0) is 44.5 Å². The van der Waals surface area contributed by atoms with Crippen LogP contribution in [0.4, 0.5) is 0 Å². The monoisotopic (exact) mass is 1380 g/mol. The van der Waals surface area contributed by atoms with Crippen LogP contribution in [0.2, 0.25) is 0 Å². The summed E-state index contributed by atoms with van der Waals surface area (Å²) in [6, 6.07) is 86.7. The largest absolute Gasteiger partial charge is 0.112 e. The molecule has 0 unspecified atom stereocenters. The highest BCUT2D eigenvalue weighted by Crippen LogP contribution is 2.68. The summed E-state index contributed by atoms with van der Waals surface area (Å²) in [5.41, 5.74) is 11.0. The molecule has 0 radical (unpaired) electrons. The standard InChI is InChI=1S/2C34H28S8/c2*1-5-13-25(14-6-1)21-35-29-30(36-22-26-15-7-2-8-16-26)40-33(39-29)34-41-31(37-23-27-17-9-3-10-18-27)32(42-34)38-24-28-19-11-4-12-20-28/h2*1-20H,21-24H2. The molecular weight excluding hydrogens is 1330 g/mol. The molecule has 84 heavy (non-hydrogen) atoms. The lowest BCUT2D eigenvalue weighted by molar-refractivity contribution is 1.42. The summed E-state index contributed by atoms with van der Waals surface area (Å²) in [4.78, 5) is 0. The third-order valence-electron chi connectivity index (χ3n) is 12.2. The molecule has 0 N–H and O–H groups in total. The molecule has 4 heterocycles. The number of rotatable bonds is 24. The molecule has 8 aromatic carbocycles. The van der Waals surface area contributed by atoms with Gasteiger partial charge >= 0.3 is 0 Å². The number of benzene rings is 8. The van der Waals surface area contributed by atoms with Crippen molar-refractivity contribution in [2.45, 2.75) is 46.0 Å². The van der Waals surface area contributed by atoms with Crippen LogP contribution in [-0.4, -0.2) is 0 Å². The number of hydrogen-bond acceptors (Lipinski definition) is 16. The van der Waals surface area contributed by atoms with Gasteiger partial charge in [-0.25, -0.2) is 0 Å². The maximum absolute atomic E-state index is 2.23. The first kappa shape index (κ1) is 63.4. The summed E-state index contributed by atoms with van der Waals surface area (Å²) in [6.07, 6.45) is 0. The minimum absolute atomic E-state index is 0.997. The van der Waals surface area contributed by atoms with E-state index in [4.69, 9.17) is 0 Å². The molecule has 12 rings (SSSR count). The molecule has 0 saturated carbocycles. The van der Waals surface area contributed by atoms with Gasteiger partial charge in [0.2, 0.25) is 0 Å². The number of thioether (sulfide) groups is 16. The first-order chi connectivity index (χ1) is 41.6. The van der Waals surface area contributed by atoms with Gasteiger partial charge in [0.25, 0.3) is 0 Å². The van der Waals surface area contributed by atoms with Crippen molar-refractivity contribution in [3.05, 3.63) is 338 Å². The Hall–Kier alpha value is -2.20. The van der Waals surface area contributed by atoms with E-state index in [1.165, 1.54) is 95.4 Å². The van der Waals surface area contributed by atoms with Gasteiger partial charge < -0.3 is 0 Å². The van der Waals surface area contributed by atoms with Crippen LogP contribution >= 0.6 is 188 Å². The Balaban J connectivity index is 0.000000175. The molecule has 16 heteroatoms. The van der Waals surface area contributed by atoms with E-state index >= 15 is 0 Å².